The number of likely N-dealkylation sites (tertiary alicyclic amines) is 1. The van der Waals surface area contributed by atoms with Gasteiger partial charge in [0, 0.05) is 30.0 Å². The molecule has 4 rings (SSSR count). The van der Waals surface area contributed by atoms with E-state index in [4.69, 9.17) is 0 Å². The fourth-order valence-corrected chi connectivity index (χ4v) is 5.04. The molecular formula is C28H29F2NO3. The molecule has 1 saturated heterocycles. The molecule has 34 heavy (non-hydrogen) atoms. The molecule has 3 aromatic carbocycles. The van der Waals surface area contributed by atoms with Gasteiger partial charge in [0.05, 0.1) is 18.8 Å². The Balaban J connectivity index is 1.53. The minimum absolute atomic E-state index is 0.0126. The Morgan fingerprint density at radius 3 is 2.35 bits per heavy atom. The maximum atomic E-state index is 14.1. The van der Waals surface area contributed by atoms with E-state index in [1.54, 1.807) is 12.1 Å². The smallest absolute Gasteiger partial charge is 0.223 e. The van der Waals surface area contributed by atoms with Crippen LogP contribution in [0.2, 0.25) is 0 Å². The minimum Gasteiger partial charge on any atom is -0.394 e. The normalized spacial score (nSPS) is 20.3. The summed E-state index contributed by atoms with van der Waals surface area (Å²) in [7, 11) is 0. The molecule has 178 valence electrons. The Kier molecular flexibility index (Phi) is 7.10. The number of halogens is 2. The molecule has 0 spiro atoms. The van der Waals surface area contributed by atoms with Crippen LogP contribution in [0.3, 0.4) is 0 Å². The standard InChI is InChI=1S/C28H29F2NO3/c1-19(20-7-9-21(10-8-20)25-12-11-23(29)15-26(25)30)31-14-13-28(17-27(31)34,16-24(33)18-32)22-5-3-2-4-6-22/h2-12,15,19,24,32-33H,13-14,16-18H2,1H3/t19-,24-,28+/m1/s1. The number of carbonyl (C=O) groups is 1. The van der Waals surface area contributed by atoms with Crippen molar-refractivity contribution < 1.29 is 23.8 Å². The second kappa shape index (κ2) is 10.0. The van der Waals surface area contributed by atoms with Gasteiger partial charge in [0.1, 0.15) is 11.6 Å². The van der Waals surface area contributed by atoms with Gasteiger partial charge in [0.2, 0.25) is 5.91 Å². The van der Waals surface area contributed by atoms with Crippen molar-refractivity contribution in [1.82, 2.24) is 4.90 Å². The molecule has 4 nitrogen and oxygen atoms in total. The summed E-state index contributed by atoms with van der Waals surface area (Å²) >= 11 is 0. The Labute approximate surface area is 198 Å². The number of aliphatic hydroxyl groups excluding tert-OH is 2. The largest absolute Gasteiger partial charge is 0.394 e. The highest BCUT2D eigenvalue weighted by Gasteiger charge is 2.42. The molecule has 3 aromatic rings. The molecule has 1 heterocycles. The molecule has 6 heteroatoms. The summed E-state index contributed by atoms with van der Waals surface area (Å²) in [6, 6.07) is 20.3. The maximum absolute atomic E-state index is 14.1. The highest BCUT2D eigenvalue weighted by Crippen LogP contribution is 2.42. The fourth-order valence-electron chi connectivity index (χ4n) is 5.04. The van der Waals surface area contributed by atoms with Crippen molar-refractivity contribution in [2.45, 2.75) is 43.7 Å². The van der Waals surface area contributed by atoms with E-state index in [1.165, 1.54) is 12.1 Å². The number of piperidine rings is 1. The number of hydrogen-bond donors (Lipinski definition) is 2. The number of benzene rings is 3. The van der Waals surface area contributed by atoms with Gasteiger partial charge >= 0.3 is 0 Å². The van der Waals surface area contributed by atoms with Crippen LogP contribution in [0, 0.1) is 11.6 Å². The number of aliphatic hydroxyl groups is 2. The highest BCUT2D eigenvalue weighted by atomic mass is 19.1. The van der Waals surface area contributed by atoms with E-state index in [1.807, 2.05) is 54.3 Å². The van der Waals surface area contributed by atoms with Gasteiger partial charge in [-0.3, -0.25) is 4.79 Å². The first-order valence-electron chi connectivity index (χ1n) is 11.5. The fraction of sp³-hybridized carbons (Fsp3) is 0.321. The summed E-state index contributed by atoms with van der Waals surface area (Å²) in [4.78, 5) is 15.2. The second-order valence-corrected chi connectivity index (χ2v) is 9.12. The Hall–Kier alpha value is -3.09. The van der Waals surface area contributed by atoms with Crippen molar-refractivity contribution in [3.05, 3.63) is 95.6 Å². The third kappa shape index (κ3) is 4.88. The number of rotatable bonds is 7. The topological polar surface area (TPSA) is 60.8 Å². The van der Waals surface area contributed by atoms with Crippen molar-refractivity contribution in [2.24, 2.45) is 0 Å². The summed E-state index contributed by atoms with van der Waals surface area (Å²) in [6.45, 7) is 2.13. The summed E-state index contributed by atoms with van der Waals surface area (Å²) in [6.07, 6.45) is 0.344. The van der Waals surface area contributed by atoms with E-state index in [9.17, 15) is 23.8 Å². The van der Waals surface area contributed by atoms with Crippen molar-refractivity contribution in [2.75, 3.05) is 13.2 Å². The van der Waals surface area contributed by atoms with E-state index in [-0.39, 0.29) is 25.0 Å². The van der Waals surface area contributed by atoms with Crippen LogP contribution in [0.1, 0.15) is 43.4 Å². The quantitative estimate of drug-likeness (QED) is 0.517. The molecule has 3 atom stereocenters. The van der Waals surface area contributed by atoms with Crippen molar-refractivity contribution in [3.63, 3.8) is 0 Å². The highest BCUT2D eigenvalue weighted by molar-refractivity contribution is 5.79. The van der Waals surface area contributed by atoms with E-state index in [2.05, 4.69) is 0 Å². The number of amides is 1. The summed E-state index contributed by atoms with van der Waals surface area (Å²) in [5.41, 5.74) is 2.35. The molecule has 0 bridgehead atoms. The monoisotopic (exact) mass is 465 g/mol. The second-order valence-electron chi connectivity index (χ2n) is 9.12. The van der Waals surface area contributed by atoms with Gasteiger partial charge in [0.25, 0.3) is 0 Å². The van der Waals surface area contributed by atoms with Gasteiger partial charge in [0.15, 0.2) is 0 Å². The van der Waals surface area contributed by atoms with Gasteiger partial charge in [-0.05, 0) is 48.6 Å². The Bertz CT molecular complexity index is 1140. The number of nitrogens with zero attached hydrogens (tertiary/aromatic N) is 1. The third-order valence-corrected chi connectivity index (χ3v) is 6.97. The third-order valence-electron chi connectivity index (χ3n) is 6.97. The lowest BCUT2D eigenvalue weighted by Crippen LogP contribution is -2.48. The van der Waals surface area contributed by atoms with Crippen LogP contribution in [0.5, 0.6) is 0 Å². The van der Waals surface area contributed by atoms with Crippen LogP contribution in [-0.4, -0.2) is 40.3 Å². The van der Waals surface area contributed by atoms with Gasteiger partial charge < -0.3 is 15.1 Å². The van der Waals surface area contributed by atoms with Crippen LogP contribution in [0.15, 0.2) is 72.8 Å². The predicted octanol–water partition coefficient (Wildman–Crippen LogP) is 5.00. The molecule has 0 aliphatic carbocycles. The van der Waals surface area contributed by atoms with Crippen LogP contribution in [-0.2, 0) is 10.2 Å². The molecule has 1 aliphatic rings. The molecule has 0 saturated carbocycles. The summed E-state index contributed by atoms with van der Waals surface area (Å²) in [5, 5.41) is 19.6. The number of hydrogen-bond acceptors (Lipinski definition) is 3. The van der Waals surface area contributed by atoms with E-state index in [0.717, 1.165) is 17.2 Å². The van der Waals surface area contributed by atoms with Gasteiger partial charge in [-0.2, -0.15) is 0 Å². The zero-order chi connectivity index (χ0) is 24.3. The van der Waals surface area contributed by atoms with Gasteiger partial charge in [-0.15, -0.1) is 0 Å². The molecule has 2 N–H and O–H groups in total. The van der Waals surface area contributed by atoms with Crippen molar-refractivity contribution in [3.8, 4) is 11.1 Å². The number of carbonyl (C=O) groups excluding carboxylic acids is 1. The van der Waals surface area contributed by atoms with Crippen molar-refractivity contribution in [1.29, 1.82) is 0 Å². The molecule has 0 radical (unpaired) electrons. The van der Waals surface area contributed by atoms with Crippen LogP contribution >= 0.6 is 0 Å². The SMILES string of the molecule is C[C@H](c1ccc(-c2ccc(F)cc2F)cc1)N1CC[C@@](C[C@@H](O)CO)(c2ccccc2)CC1=O. The zero-order valence-corrected chi connectivity index (χ0v) is 19.1. The lowest BCUT2D eigenvalue weighted by molar-refractivity contribution is -0.139. The molecule has 0 unspecified atom stereocenters. The molecule has 0 aromatic heterocycles. The van der Waals surface area contributed by atoms with E-state index < -0.39 is 23.2 Å². The van der Waals surface area contributed by atoms with E-state index in [0.29, 0.717) is 30.5 Å². The molecule has 1 fully saturated rings. The minimum atomic E-state index is -0.892. The summed E-state index contributed by atoms with van der Waals surface area (Å²) in [5.74, 6) is -1.25. The Morgan fingerprint density at radius 2 is 1.74 bits per heavy atom. The van der Waals surface area contributed by atoms with Crippen LogP contribution in [0.25, 0.3) is 11.1 Å². The first kappa shape index (κ1) is 24.0. The van der Waals surface area contributed by atoms with Crippen LogP contribution < -0.4 is 0 Å². The average Bonchev–Trinajstić information content (AvgIpc) is 2.84. The van der Waals surface area contributed by atoms with Gasteiger partial charge in [-0.25, -0.2) is 8.78 Å². The Morgan fingerprint density at radius 1 is 1.03 bits per heavy atom. The van der Waals surface area contributed by atoms with Gasteiger partial charge in [-0.1, -0.05) is 54.6 Å². The first-order valence-corrected chi connectivity index (χ1v) is 11.5. The molecule has 1 aliphatic heterocycles. The predicted molar refractivity (Wildman–Crippen MR) is 127 cm³/mol. The maximum Gasteiger partial charge on any atom is 0.223 e. The zero-order valence-electron chi connectivity index (χ0n) is 19.1. The van der Waals surface area contributed by atoms with Crippen molar-refractivity contribution >= 4 is 5.91 Å². The first-order chi connectivity index (χ1) is 16.3. The lowest BCUT2D eigenvalue weighted by Gasteiger charge is -2.44. The average molecular weight is 466 g/mol. The van der Waals surface area contributed by atoms with E-state index >= 15 is 0 Å². The van der Waals surface area contributed by atoms with Crippen LogP contribution in [0.4, 0.5) is 8.78 Å². The molecular weight excluding hydrogens is 436 g/mol. The lowest BCUT2D eigenvalue weighted by atomic mass is 9.68. The molecule has 1 amide bonds. The summed E-state index contributed by atoms with van der Waals surface area (Å²) < 4.78 is 27.4.